The van der Waals surface area contributed by atoms with Crippen LogP contribution < -0.4 is 5.32 Å². The minimum atomic E-state index is -0.408. The number of ether oxygens (including phenoxy) is 1. The number of piperidine rings is 1. The van der Waals surface area contributed by atoms with Gasteiger partial charge in [0.05, 0.1) is 13.0 Å². The van der Waals surface area contributed by atoms with Crippen LogP contribution in [-0.2, 0) is 19.1 Å². The maximum atomic E-state index is 12.6. The van der Waals surface area contributed by atoms with Crippen molar-refractivity contribution in [3.63, 3.8) is 0 Å². The Morgan fingerprint density at radius 1 is 1.38 bits per heavy atom. The lowest BCUT2D eigenvalue weighted by Gasteiger charge is -2.31. The van der Waals surface area contributed by atoms with E-state index in [9.17, 15) is 14.4 Å². The van der Waals surface area contributed by atoms with E-state index >= 15 is 0 Å². The molecule has 0 aromatic rings. The molecule has 1 saturated heterocycles. The number of nitrogens with one attached hydrogen (secondary N) is 1. The van der Waals surface area contributed by atoms with E-state index < -0.39 is 5.97 Å². The third-order valence-corrected chi connectivity index (χ3v) is 4.11. The monoisotopic (exact) mass is 298 g/mol. The fraction of sp³-hybridized carbons (Fsp3) is 0.800. The molecule has 0 aromatic carbocycles. The molecule has 6 nitrogen and oxygen atoms in total. The van der Waals surface area contributed by atoms with Crippen LogP contribution in [0.4, 0.5) is 0 Å². The van der Waals surface area contributed by atoms with E-state index in [1.807, 2.05) is 0 Å². The highest BCUT2D eigenvalue weighted by Crippen LogP contribution is 2.17. The molecule has 0 spiro atoms. The van der Waals surface area contributed by atoms with E-state index in [0.29, 0.717) is 31.8 Å². The van der Waals surface area contributed by atoms with Gasteiger partial charge in [0.1, 0.15) is 6.54 Å². The number of hydrogen-bond donors (Lipinski definition) is 1. The Balaban J connectivity index is 2.71. The van der Waals surface area contributed by atoms with Crippen LogP contribution >= 0.6 is 0 Å². The second-order valence-corrected chi connectivity index (χ2v) is 5.52. The van der Waals surface area contributed by atoms with E-state index in [1.54, 1.807) is 4.90 Å². The largest absolute Gasteiger partial charge is 0.468 e. The average molecular weight is 298 g/mol. The molecule has 21 heavy (non-hydrogen) atoms. The third kappa shape index (κ3) is 5.36. The summed E-state index contributed by atoms with van der Waals surface area (Å²) in [6, 6.07) is 0. The van der Waals surface area contributed by atoms with Crippen molar-refractivity contribution in [3.05, 3.63) is 0 Å². The zero-order valence-corrected chi connectivity index (χ0v) is 13.2. The maximum absolute atomic E-state index is 12.6. The van der Waals surface area contributed by atoms with Crippen LogP contribution in [0.15, 0.2) is 0 Å². The summed E-state index contributed by atoms with van der Waals surface area (Å²) in [5, 5.41) is 2.71. The van der Waals surface area contributed by atoms with Gasteiger partial charge in [0, 0.05) is 19.5 Å². The van der Waals surface area contributed by atoms with Crippen molar-refractivity contribution in [1.29, 1.82) is 0 Å². The first-order valence-electron chi connectivity index (χ1n) is 7.64. The third-order valence-electron chi connectivity index (χ3n) is 4.11. The van der Waals surface area contributed by atoms with Gasteiger partial charge in [-0.3, -0.25) is 14.4 Å². The van der Waals surface area contributed by atoms with Gasteiger partial charge in [-0.05, 0) is 12.3 Å². The van der Waals surface area contributed by atoms with Crippen molar-refractivity contribution in [1.82, 2.24) is 10.2 Å². The van der Waals surface area contributed by atoms with Gasteiger partial charge in [-0.15, -0.1) is 0 Å². The molecule has 120 valence electrons. The van der Waals surface area contributed by atoms with Gasteiger partial charge in [-0.2, -0.15) is 0 Å². The Morgan fingerprint density at radius 3 is 2.52 bits per heavy atom. The van der Waals surface area contributed by atoms with Crippen molar-refractivity contribution in [2.45, 2.75) is 39.5 Å². The summed E-state index contributed by atoms with van der Waals surface area (Å²) in [6.07, 6.45) is 2.84. The molecule has 1 aliphatic rings. The lowest BCUT2D eigenvalue weighted by Crippen LogP contribution is -2.47. The predicted molar refractivity (Wildman–Crippen MR) is 78.4 cm³/mol. The first kappa shape index (κ1) is 17.5. The van der Waals surface area contributed by atoms with Crippen molar-refractivity contribution in [3.8, 4) is 0 Å². The molecule has 6 heteroatoms. The number of carbonyl (C=O) groups excluding carboxylic acids is 3. The molecule has 0 aromatic heterocycles. The summed E-state index contributed by atoms with van der Waals surface area (Å²) in [5.74, 6) is -0.349. The van der Waals surface area contributed by atoms with E-state index in [0.717, 1.165) is 12.8 Å². The number of amides is 2. The van der Waals surface area contributed by atoms with Crippen molar-refractivity contribution in [2.24, 2.45) is 11.8 Å². The SMILES string of the molecule is CCC(CC)CN(CC(=O)OC)C(=O)C1CCC(=O)NC1. The molecule has 0 radical (unpaired) electrons. The molecule has 1 aliphatic heterocycles. The molecule has 0 aliphatic carbocycles. The lowest BCUT2D eigenvalue weighted by molar-refractivity contribution is -0.149. The molecular formula is C15H26N2O4. The van der Waals surface area contributed by atoms with E-state index in [4.69, 9.17) is 0 Å². The van der Waals surface area contributed by atoms with Crippen LogP contribution in [0.3, 0.4) is 0 Å². The summed E-state index contributed by atoms with van der Waals surface area (Å²) in [6.45, 7) is 5.06. The zero-order valence-electron chi connectivity index (χ0n) is 13.2. The Kier molecular flexibility index (Phi) is 7.19. The van der Waals surface area contributed by atoms with Gasteiger partial charge in [-0.1, -0.05) is 26.7 Å². The number of rotatable bonds is 7. The van der Waals surface area contributed by atoms with E-state index in [-0.39, 0.29) is 24.3 Å². The normalized spacial score (nSPS) is 18.3. The molecule has 1 fully saturated rings. The van der Waals surface area contributed by atoms with Crippen LogP contribution in [0.1, 0.15) is 39.5 Å². The minimum Gasteiger partial charge on any atom is -0.468 e. The van der Waals surface area contributed by atoms with Crippen LogP contribution in [-0.4, -0.2) is 49.4 Å². The number of nitrogens with zero attached hydrogens (tertiary/aromatic N) is 1. The summed E-state index contributed by atoms with van der Waals surface area (Å²) in [5.41, 5.74) is 0. The number of methoxy groups -OCH3 is 1. The highest BCUT2D eigenvalue weighted by molar-refractivity contribution is 5.86. The Bertz CT molecular complexity index is 370. The van der Waals surface area contributed by atoms with Gasteiger partial charge in [0.2, 0.25) is 11.8 Å². The first-order valence-corrected chi connectivity index (χ1v) is 7.64. The van der Waals surface area contributed by atoms with Crippen molar-refractivity contribution in [2.75, 3.05) is 26.7 Å². The Labute approximate surface area is 126 Å². The minimum absolute atomic E-state index is 0.0152. The summed E-state index contributed by atoms with van der Waals surface area (Å²) < 4.78 is 4.68. The van der Waals surface area contributed by atoms with Crippen LogP contribution in [0.5, 0.6) is 0 Å². The molecular weight excluding hydrogens is 272 g/mol. The van der Waals surface area contributed by atoms with Crippen molar-refractivity contribution >= 4 is 17.8 Å². The fourth-order valence-corrected chi connectivity index (χ4v) is 2.51. The lowest BCUT2D eigenvalue weighted by atomic mass is 9.96. The van der Waals surface area contributed by atoms with Crippen LogP contribution in [0, 0.1) is 11.8 Å². The Morgan fingerprint density at radius 2 is 2.05 bits per heavy atom. The number of esters is 1. The smallest absolute Gasteiger partial charge is 0.325 e. The fourth-order valence-electron chi connectivity index (χ4n) is 2.51. The first-order chi connectivity index (χ1) is 10.0. The summed E-state index contributed by atoms with van der Waals surface area (Å²) in [7, 11) is 1.32. The molecule has 1 N–H and O–H groups in total. The van der Waals surface area contributed by atoms with E-state index in [1.165, 1.54) is 7.11 Å². The number of carbonyl (C=O) groups is 3. The quantitative estimate of drug-likeness (QED) is 0.710. The average Bonchev–Trinajstić information content (AvgIpc) is 2.51. The standard InChI is InChI=1S/C15H26N2O4/c1-4-11(5-2)9-17(10-14(19)21-3)15(20)12-6-7-13(18)16-8-12/h11-12H,4-10H2,1-3H3,(H,16,18). The second-order valence-electron chi connectivity index (χ2n) is 5.52. The van der Waals surface area contributed by atoms with Gasteiger partial charge >= 0.3 is 5.97 Å². The topological polar surface area (TPSA) is 75.7 Å². The highest BCUT2D eigenvalue weighted by atomic mass is 16.5. The highest BCUT2D eigenvalue weighted by Gasteiger charge is 2.30. The molecule has 0 bridgehead atoms. The van der Waals surface area contributed by atoms with Crippen LogP contribution in [0.25, 0.3) is 0 Å². The van der Waals surface area contributed by atoms with Gasteiger partial charge in [0.15, 0.2) is 0 Å². The van der Waals surface area contributed by atoms with Gasteiger partial charge in [-0.25, -0.2) is 0 Å². The molecule has 1 unspecified atom stereocenters. The second kappa shape index (κ2) is 8.64. The number of hydrogen-bond acceptors (Lipinski definition) is 4. The molecule has 1 atom stereocenters. The summed E-state index contributed by atoms with van der Waals surface area (Å²) >= 11 is 0. The predicted octanol–water partition coefficient (Wildman–Crippen LogP) is 0.950. The van der Waals surface area contributed by atoms with E-state index in [2.05, 4.69) is 23.9 Å². The maximum Gasteiger partial charge on any atom is 0.325 e. The summed E-state index contributed by atoms with van der Waals surface area (Å²) in [4.78, 5) is 36.9. The van der Waals surface area contributed by atoms with Gasteiger partial charge in [0.25, 0.3) is 0 Å². The molecule has 0 saturated carbocycles. The molecule has 1 rings (SSSR count). The molecule has 2 amide bonds. The zero-order chi connectivity index (χ0) is 15.8. The Hall–Kier alpha value is -1.59. The van der Waals surface area contributed by atoms with Crippen LogP contribution in [0.2, 0.25) is 0 Å². The van der Waals surface area contributed by atoms with Crippen molar-refractivity contribution < 1.29 is 19.1 Å². The molecule has 1 heterocycles. The van der Waals surface area contributed by atoms with Gasteiger partial charge < -0.3 is 15.0 Å².